The highest BCUT2D eigenvalue weighted by atomic mass is 16.5. The number of ether oxygens (including phenoxy) is 1. The van der Waals surface area contributed by atoms with Gasteiger partial charge >= 0.3 is 11.9 Å². The van der Waals surface area contributed by atoms with Gasteiger partial charge in [-0.15, -0.1) is 0 Å². The summed E-state index contributed by atoms with van der Waals surface area (Å²) in [5, 5.41) is 9.05. The SMILES string of the molecule is CC(C)CCCCCCCCCCCCCCCCCCCC(=O)OC(CC(=O)O)C[N+](C)(C)C. The number of aliphatic carboxylic acids is 1. The van der Waals surface area contributed by atoms with Gasteiger partial charge in [0.1, 0.15) is 6.54 Å². The molecule has 0 rings (SSSR count). The Hall–Kier alpha value is -1.10. The number of nitrogens with zero attached hydrogens (tertiary/aromatic N) is 1. The van der Waals surface area contributed by atoms with Gasteiger partial charge in [0.15, 0.2) is 6.10 Å². The van der Waals surface area contributed by atoms with Crippen LogP contribution >= 0.6 is 0 Å². The molecule has 1 atom stereocenters. The second-order valence-corrected chi connectivity index (χ2v) is 12.1. The average Bonchev–Trinajstić information content (AvgIpc) is 2.73. The molecule has 1 unspecified atom stereocenters. The minimum absolute atomic E-state index is 0.125. The molecule has 0 saturated carbocycles. The first-order valence-electron chi connectivity index (χ1n) is 14.8. The van der Waals surface area contributed by atoms with Gasteiger partial charge < -0.3 is 14.3 Å². The maximum Gasteiger partial charge on any atom is 0.307 e. The van der Waals surface area contributed by atoms with Crippen LogP contribution in [0.3, 0.4) is 0 Å². The Kier molecular flexibility index (Phi) is 21.4. The van der Waals surface area contributed by atoms with Crippen molar-refractivity contribution in [1.82, 2.24) is 0 Å². The Morgan fingerprint density at radius 1 is 0.657 bits per heavy atom. The van der Waals surface area contributed by atoms with E-state index < -0.39 is 12.1 Å². The minimum Gasteiger partial charge on any atom is -0.481 e. The summed E-state index contributed by atoms with van der Waals surface area (Å²) in [5.41, 5.74) is 0. The summed E-state index contributed by atoms with van der Waals surface area (Å²) in [6.07, 6.45) is 23.6. The first-order chi connectivity index (χ1) is 16.6. The minimum atomic E-state index is -0.922. The smallest absolute Gasteiger partial charge is 0.307 e. The molecule has 0 aliphatic rings. The number of esters is 1. The van der Waals surface area contributed by atoms with Crippen LogP contribution in [0.15, 0.2) is 0 Å². The van der Waals surface area contributed by atoms with Crippen LogP contribution in [0.4, 0.5) is 0 Å². The Balaban J connectivity index is 3.44. The van der Waals surface area contributed by atoms with E-state index in [1.165, 1.54) is 103 Å². The normalized spacial score (nSPS) is 12.7. The number of carboxylic acids is 1. The summed E-state index contributed by atoms with van der Waals surface area (Å²) in [6.45, 7) is 5.15. The van der Waals surface area contributed by atoms with E-state index in [0.717, 1.165) is 18.8 Å². The van der Waals surface area contributed by atoms with E-state index in [-0.39, 0.29) is 12.4 Å². The van der Waals surface area contributed by atoms with E-state index in [4.69, 9.17) is 9.84 Å². The van der Waals surface area contributed by atoms with E-state index in [2.05, 4.69) is 13.8 Å². The highest BCUT2D eigenvalue weighted by molar-refractivity contribution is 5.71. The lowest BCUT2D eigenvalue weighted by molar-refractivity contribution is -0.873. The maximum absolute atomic E-state index is 12.1. The fourth-order valence-corrected chi connectivity index (χ4v) is 4.67. The van der Waals surface area contributed by atoms with Crippen LogP contribution in [-0.4, -0.2) is 55.3 Å². The van der Waals surface area contributed by atoms with E-state index in [9.17, 15) is 9.59 Å². The second-order valence-electron chi connectivity index (χ2n) is 12.1. The lowest BCUT2D eigenvalue weighted by Gasteiger charge is -2.28. The summed E-state index contributed by atoms with van der Waals surface area (Å²) < 4.78 is 6.02. The Bertz CT molecular complexity index is 513. The number of carboxylic acid groups (broad SMARTS) is 1. The summed E-state index contributed by atoms with van der Waals surface area (Å²) >= 11 is 0. The third-order valence-corrected chi connectivity index (χ3v) is 6.61. The fourth-order valence-electron chi connectivity index (χ4n) is 4.67. The quantitative estimate of drug-likeness (QED) is 0.0783. The van der Waals surface area contributed by atoms with Crippen LogP contribution in [0.25, 0.3) is 0 Å². The topological polar surface area (TPSA) is 63.6 Å². The molecule has 0 aliphatic carbocycles. The van der Waals surface area contributed by atoms with Gasteiger partial charge in [-0.3, -0.25) is 9.59 Å². The zero-order valence-electron chi connectivity index (χ0n) is 24.1. The predicted molar refractivity (Wildman–Crippen MR) is 148 cm³/mol. The van der Waals surface area contributed by atoms with Gasteiger partial charge in [-0.25, -0.2) is 0 Å². The summed E-state index contributed by atoms with van der Waals surface area (Å²) in [4.78, 5) is 23.1. The molecular weight excluding hydrogens is 438 g/mol. The number of carbonyl (C=O) groups excluding carboxylic acids is 1. The molecule has 35 heavy (non-hydrogen) atoms. The van der Waals surface area contributed by atoms with Gasteiger partial charge in [-0.1, -0.05) is 123 Å². The van der Waals surface area contributed by atoms with Crippen LogP contribution in [0.1, 0.15) is 142 Å². The third kappa shape index (κ3) is 27.3. The van der Waals surface area contributed by atoms with Gasteiger partial charge in [0.25, 0.3) is 0 Å². The van der Waals surface area contributed by atoms with Gasteiger partial charge in [0, 0.05) is 6.42 Å². The Morgan fingerprint density at radius 3 is 1.37 bits per heavy atom. The predicted octanol–water partition coefficient (Wildman–Crippen LogP) is 8.15. The second kappa shape index (κ2) is 22.1. The molecule has 1 N–H and O–H groups in total. The zero-order chi connectivity index (χ0) is 26.4. The largest absolute Gasteiger partial charge is 0.481 e. The average molecular weight is 499 g/mol. The van der Waals surface area contributed by atoms with Crippen molar-refractivity contribution in [3.63, 3.8) is 0 Å². The molecule has 0 fully saturated rings. The molecule has 0 amide bonds. The Morgan fingerprint density at radius 2 is 1.03 bits per heavy atom. The molecule has 208 valence electrons. The first-order valence-corrected chi connectivity index (χ1v) is 14.8. The Labute approximate surface area is 218 Å². The van der Waals surface area contributed by atoms with Gasteiger partial charge in [-0.2, -0.15) is 0 Å². The van der Waals surface area contributed by atoms with Gasteiger partial charge in [-0.05, 0) is 12.3 Å². The zero-order valence-corrected chi connectivity index (χ0v) is 24.1. The molecule has 0 aromatic heterocycles. The van der Waals surface area contributed by atoms with Crippen LogP contribution in [0.5, 0.6) is 0 Å². The number of carbonyl (C=O) groups is 2. The highest BCUT2D eigenvalue weighted by Crippen LogP contribution is 2.16. The molecule has 0 radical (unpaired) electrons. The monoisotopic (exact) mass is 498 g/mol. The fraction of sp³-hybridized carbons (Fsp3) is 0.933. The van der Waals surface area contributed by atoms with Crippen molar-refractivity contribution in [2.75, 3.05) is 27.7 Å². The lowest BCUT2D eigenvalue weighted by Crippen LogP contribution is -2.43. The molecule has 0 spiro atoms. The van der Waals surface area contributed by atoms with Crippen LogP contribution in [0.2, 0.25) is 0 Å². The third-order valence-electron chi connectivity index (χ3n) is 6.61. The molecule has 5 heteroatoms. The van der Waals surface area contributed by atoms with Crippen molar-refractivity contribution in [2.45, 2.75) is 148 Å². The van der Waals surface area contributed by atoms with E-state index in [1.807, 2.05) is 21.1 Å². The van der Waals surface area contributed by atoms with E-state index >= 15 is 0 Å². The number of rotatable bonds is 25. The lowest BCUT2D eigenvalue weighted by atomic mass is 10.0. The number of quaternary nitrogens is 1. The molecular formula is C30H60NO4+. The molecule has 0 bridgehead atoms. The van der Waals surface area contributed by atoms with Crippen molar-refractivity contribution >= 4 is 11.9 Å². The molecule has 0 aliphatic heterocycles. The molecule has 0 aromatic rings. The summed E-state index contributed by atoms with van der Waals surface area (Å²) in [7, 11) is 5.92. The highest BCUT2D eigenvalue weighted by Gasteiger charge is 2.24. The van der Waals surface area contributed by atoms with E-state index in [0.29, 0.717) is 17.4 Å². The van der Waals surface area contributed by atoms with Gasteiger partial charge in [0.05, 0.1) is 27.6 Å². The summed E-state index contributed by atoms with van der Waals surface area (Å²) in [6, 6.07) is 0. The van der Waals surface area contributed by atoms with Crippen molar-refractivity contribution in [2.24, 2.45) is 5.92 Å². The molecule has 0 saturated heterocycles. The van der Waals surface area contributed by atoms with Crippen molar-refractivity contribution < 1.29 is 23.9 Å². The number of hydrogen-bond acceptors (Lipinski definition) is 3. The van der Waals surface area contributed by atoms with Crippen molar-refractivity contribution in [3.05, 3.63) is 0 Å². The van der Waals surface area contributed by atoms with Crippen LogP contribution < -0.4 is 0 Å². The number of likely N-dealkylation sites (N-methyl/N-ethyl adjacent to an activating group) is 1. The molecule has 5 nitrogen and oxygen atoms in total. The number of unbranched alkanes of at least 4 members (excludes halogenated alkanes) is 16. The summed E-state index contributed by atoms with van der Waals surface area (Å²) in [5.74, 6) is -0.316. The standard InChI is InChI=1S/C30H59NO4/c1-27(2)23-21-19-17-15-13-11-9-7-6-8-10-12-14-16-18-20-22-24-30(34)35-28(25-29(32)33)26-31(3,4)5/h27-28H,6-26H2,1-5H3/p+1. The van der Waals surface area contributed by atoms with Crippen LogP contribution in [0, 0.1) is 5.92 Å². The van der Waals surface area contributed by atoms with E-state index in [1.54, 1.807) is 0 Å². The van der Waals surface area contributed by atoms with Crippen molar-refractivity contribution in [3.8, 4) is 0 Å². The maximum atomic E-state index is 12.1. The van der Waals surface area contributed by atoms with Gasteiger partial charge in [0.2, 0.25) is 0 Å². The number of hydrogen-bond donors (Lipinski definition) is 1. The van der Waals surface area contributed by atoms with Crippen molar-refractivity contribution in [1.29, 1.82) is 0 Å². The van der Waals surface area contributed by atoms with Crippen LogP contribution in [-0.2, 0) is 14.3 Å². The molecule has 0 heterocycles. The first kappa shape index (κ1) is 33.9. The molecule has 0 aromatic carbocycles.